The van der Waals surface area contributed by atoms with Crippen molar-refractivity contribution in [3.05, 3.63) is 82.2 Å². The van der Waals surface area contributed by atoms with E-state index in [-0.39, 0.29) is 40.8 Å². The number of halogens is 5. The maximum absolute atomic E-state index is 13.4. The Labute approximate surface area is 195 Å². The van der Waals surface area contributed by atoms with Crippen LogP contribution in [0.1, 0.15) is 40.1 Å². The molecule has 0 bridgehead atoms. The topological polar surface area (TPSA) is 95.1 Å². The van der Waals surface area contributed by atoms with Crippen molar-refractivity contribution in [2.45, 2.75) is 19.1 Å². The monoisotopic (exact) mass is 493 g/mol. The van der Waals surface area contributed by atoms with Gasteiger partial charge in [-0.15, -0.1) is 0 Å². The molecule has 34 heavy (non-hydrogen) atoms. The minimum atomic E-state index is -4.64. The van der Waals surface area contributed by atoms with Crippen LogP contribution < -0.4 is 4.90 Å². The van der Waals surface area contributed by atoms with Crippen LogP contribution in [0.4, 0.5) is 23.2 Å². The first-order chi connectivity index (χ1) is 16.0. The van der Waals surface area contributed by atoms with E-state index in [1.54, 1.807) is 6.92 Å². The number of hydrogen-bond donors (Lipinski definition) is 2. The van der Waals surface area contributed by atoms with Crippen LogP contribution in [-0.4, -0.2) is 38.0 Å². The normalized spacial score (nSPS) is 16.5. The summed E-state index contributed by atoms with van der Waals surface area (Å²) >= 11 is 5.82. The van der Waals surface area contributed by atoms with E-state index in [0.717, 1.165) is 36.5 Å². The molecule has 1 aromatic carbocycles. The molecule has 1 aliphatic heterocycles. The Morgan fingerprint density at radius 3 is 2.65 bits per heavy atom. The zero-order valence-corrected chi connectivity index (χ0v) is 18.2. The summed E-state index contributed by atoms with van der Waals surface area (Å²) in [6.07, 6.45) is -0.155. The summed E-state index contributed by atoms with van der Waals surface area (Å²) in [5, 5.41) is 22.3. The van der Waals surface area contributed by atoms with E-state index in [0.29, 0.717) is 0 Å². The molecule has 0 aliphatic carbocycles. The predicted molar refractivity (Wildman–Crippen MR) is 117 cm³/mol. The van der Waals surface area contributed by atoms with Crippen molar-refractivity contribution in [1.82, 2.24) is 14.8 Å². The number of rotatable bonds is 4. The predicted octanol–water partition coefficient (Wildman–Crippen LogP) is 5.28. The number of carbonyl (C=O) groups excluding carboxylic acids is 1. The zero-order chi connectivity index (χ0) is 24.8. The number of aliphatic hydroxyl groups is 1. The summed E-state index contributed by atoms with van der Waals surface area (Å²) in [7, 11) is 0. The molecule has 0 spiro atoms. The van der Waals surface area contributed by atoms with Gasteiger partial charge in [-0.1, -0.05) is 11.6 Å². The summed E-state index contributed by atoms with van der Waals surface area (Å²) < 4.78 is 54.0. The van der Waals surface area contributed by atoms with Crippen molar-refractivity contribution in [1.29, 1.82) is 5.41 Å². The first kappa shape index (κ1) is 23.4. The van der Waals surface area contributed by atoms with Crippen molar-refractivity contribution in [2.24, 2.45) is 0 Å². The van der Waals surface area contributed by atoms with Crippen LogP contribution in [0.3, 0.4) is 0 Å². The van der Waals surface area contributed by atoms with Crippen molar-refractivity contribution in [3.8, 4) is 0 Å². The van der Waals surface area contributed by atoms with Gasteiger partial charge in [-0.05, 0) is 31.2 Å². The number of anilines is 1. The Bertz CT molecular complexity index is 1340. The smallest absolute Gasteiger partial charge is 0.417 e. The number of nitrogens with zero attached hydrogens (tertiary/aromatic N) is 4. The number of pyridine rings is 1. The molecular weight excluding hydrogens is 478 g/mol. The third-order valence-electron chi connectivity index (χ3n) is 5.25. The Morgan fingerprint density at radius 2 is 2.00 bits per heavy atom. The van der Waals surface area contributed by atoms with E-state index < -0.39 is 34.2 Å². The van der Waals surface area contributed by atoms with Crippen LogP contribution >= 0.6 is 11.6 Å². The molecule has 3 aromatic rings. The lowest BCUT2D eigenvalue weighted by molar-refractivity contribution is -0.137. The quantitative estimate of drug-likeness (QED) is 0.294. The number of aliphatic hydroxyl groups excluding tert-OH is 1. The van der Waals surface area contributed by atoms with E-state index in [1.165, 1.54) is 22.0 Å². The molecule has 1 aliphatic rings. The number of aromatic nitrogens is 3. The molecule has 7 nitrogen and oxygen atoms in total. The molecule has 1 amide bonds. The van der Waals surface area contributed by atoms with Gasteiger partial charge in [-0.2, -0.15) is 18.3 Å². The molecule has 0 fully saturated rings. The Morgan fingerprint density at radius 1 is 1.26 bits per heavy atom. The fourth-order valence-electron chi connectivity index (χ4n) is 3.63. The van der Waals surface area contributed by atoms with E-state index >= 15 is 0 Å². The van der Waals surface area contributed by atoms with Gasteiger partial charge in [0.2, 0.25) is 0 Å². The van der Waals surface area contributed by atoms with Crippen LogP contribution in [0.5, 0.6) is 0 Å². The Kier molecular flexibility index (Phi) is 5.90. The second-order valence-corrected chi connectivity index (χ2v) is 8.02. The number of amides is 1. The molecule has 4 rings (SSSR count). The maximum Gasteiger partial charge on any atom is 0.417 e. The molecule has 0 saturated carbocycles. The van der Waals surface area contributed by atoms with E-state index in [9.17, 15) is 27.5 Å². The summed E-state index contributed by atoms with van der Waals surface area (Å²) in [6.45, 7) is 1.84. The molecular formula is C22H16ClF4N5O2. The van der Waals surface area contributed by atoms with Gasteiger partial charge in [-0.3, -0.25) is 14.5 Å². The number of alkyl halides is 3. The van der Waals surface area contributed by atoms with E-state index in [4.69, 9.17) is 17.0 Å². The molecule has 0 radical (unpaired) electrons. The summed E-state index contributed by atoms with van der Waals surface area (Å²) in [6, 6.07) is 3.68. The standard InChI is InChI=1S/C22H16ClF4N5O2/c1-11-10-31(14-2-3-16(17(23)5-14)22(25,26)27)21(34)20-15(9-30-32(11)20)19(33)6-18(28)12-4-13(24)8-29-7-12/h2-9,11,28,33H,10H2,1H3/b19-6-,28-18?/t11-/m0/s1. The average Bonchev–Trinajstić information content (AvgIpc) is 3.21. The molecule has 176 valence electrons. The number of nitrogens with one attached hydrogen (secondary N) is 1. The highest BCUT2D eigenvalue weighted by Gasteiger charge is 2.36. The fourth-order valence-corrected chi connectivity index (χ4v) is 3.91. The van der Waals surface area contributed by atoms with E-state index in [2.05, 4.69) is 10.1 Å². The van der Waals surface area contributed by atoms with Gasteiger partial charge in [0.25, 0.3) is 5.91 Å². The molecule has 2 aromatic heterocycles. The summed E-state index contributed by atoms with van der Waals surface area (Å²) in [5.41, 5.74) is -1.04. The minimum Gasteiger partial charge on any atom is -0.507 e. The molecule has 3 heterocycles. The molecule has 1 atom stereocenters. The van der Waals surface area contributed by atoms with Gasteiger partial charge in [0.15, 0.2) is 0 Å². The van der Waals surface area contributed by atoms with Crippen molar-refractivity contribution in [3.63, 3.8) is 0 Å². The molecule has 0 unspecified atom stereocenters. The third-order valence-corrected chi connectivity index (χ3v) is 5.56. The fraction of sp³-hybridized carbons (Fsp3) is 0.182. The second-order valence-electron chi connectivity index (χ2n) is 7.61. The van der Waals surface area contributed by atoms with Crippen molar-refractivity contribution >= 4 is 34.7 Å². The zero-order valence-electron chi connectivity index (χ0n) is 17.4. The van der Waals surface area contributed by atoms with Gasteiger partial charge in [-0.25, -0.2) is 4.39 Å². The first-order valence-corrected chi connectivity index (χ1v) is 10.2. The van der Waals surface area contributed by atoms with Gasteiger partial charge < -0.3 is 15.4 Å². The SMILES string of the molecule is C[C@H]1CN(c2ccc(C(F)(F)F)c(Cl)c2)C(=O)c2c(/C(O)=C/C(=N)c3cncc(F)c3)cnn21. The first-order valence-electron chi connectivity index (χ1n) is 9.84. The van der Waals surface area contributed by atoms with Crippen molar-refractivity contribution in [2.75, 3.05) is 11.4 Å². The highest BCUT2D eigenvalue weighted by molar-refractivity contribution is 6.31. The van der Waals surface area contributed by atoms with Gasteiger partial charge in [0.1, 0.15) is 17.3 Å². The summed E-state index contributed by atoms with van der Waals surface area (Å²) in [4.78, 5) is 18.2. The van der Waals surface area contributed by atoms with Crippen LogP contribution in [-0.2, 0) is 6.18 Å². The largest absolute Gasteiger partial charge is 0.507 e. The van der Waals surface area contributed by atoms with Crippen LogP contribution in [0.15, 0.2) is 48.9 Å². The van der Waals surface area contributed by atoms with Crippen LogP contribution in [0.25, 0.3) is 5.76 Å². The number of carbonyl (C=O) groups is 1. The lowest BCUT2D eigenvalue weighted by Gasteiger charge is -2.32. The van der Waals surface area contributed by atoms with E-state index in [1.807, 2.05) is 0 Å². The number of benzene rings is 1. The maximum atomic E-state index is 13.4. The van der Waals surface area contributed by atoms with Crippen LogP contribution in [0.2, 0.25) is 5.02 Å². The number of hydrogen-bond acceptors (Lipinski definition) is 5. The lowest BCUT2D eigenvalue weighted by Crippen LogP contribution is -2.43. The minimum absolute atomic E-state index is 0.00803. The van der Waals surface area contributed by atoms with Crippen molar-refractivity contribution < 1.29 is 27.5 Å². The highest BCUT2D eigenvalue weighted by Crippen LogP contribution is 2.38. The van der Waals surface area contributed by atoms with Gasteiger partial charge in [0.05, 0.1) is 40.3 Å². The van der Waals surface area contributed by atoms with Gasteiger partial charge >= 0.3 is 6.18 Å². The van der Waals surface area contributed by atoms with Crippen LogP contribution in [0, 0.1) is 11.2 Å². The molecule has 12 heteroatoms. The Balaban J connectivity index is 1.70. The number of allylic oxidation sites excluding steroid dienone is 1. The summed E-state index contributed by atoms with van der Waals surface area (Å²) in [5.74, 6) is -1.75. The number of fused-ring (bicyclic) bond motifs is 1. The third kappa shape index (κ3) is 4.26. The van der Waals surface area contributed by atoms with Gasteiger partial charge in [0, 0.05) is 30.1 Å². The second kappa shape index (κ2) is 8.56. The average molecular weight is 494 g/mol. The highest BCUT2D eigenvalue weighted by atomic mass is 35.5. The Hall–Kier alpha value is -3.73. The lowest BCUT2D eigenvalue weighted by atomic mass is 10.1. The molecule has 2 N–H and O–H groups in total. The molecule has 0 saturated heterocycles.